The van der Waals surface area contributed by atoms with Gasteiger partial charge >= 0.3 is 30.2 Å². The first-order valence-electron chi connectivity index (χ1n) is 12.1. The van der Waals surface area contributed by atoms with E-state index in [-0.39, 0.29) is 18.8 Å². The first-order chi connectivity index (χ1) is 18.8. The van der Waals surface area contributed by atoms with Gasteiger partial charge < -0.3 is 35.8 Å². The molecule has 2 heterocycles. The molecular weight excluding hydrogens is 543 g/mol. The van der Waals surface area contributed by atoms with Crippen LogP contribution in [0.15, 0.2) is 29.4 Å². The summed E-state index contributed by atoms with van der Waals surface area (Å²) in [6, 6.07) is 4.66. The van der Waals surface area contributed by atoms with Crippen molar-refractivity contribution in [2.24, 2.45) is 10.9 Å². The number of piperazine rings is 1. The third-order valence-corrected chi connectivity index (χ3v) is 6.02. The Morgan fingerprint density at radius 1 is 1.07 bits per heavy atom. The van der Waals surface area contributed by atoms with Crippen LogP contribution >= 0.6 is 0 Å². The molecule has 0 aliphatic carbocycles. The number of alkyl halides is 3. The normalized spacial score (nSPS) is 18.4. The molecule has 0 aromatic heterocycles. The number of carbonyl (C=O) groups is 5. The van der Waals surface area contributed by atoms with Gasteiger partial charge in [-0.05, 0) is 37.7 Å². The maximum absolute atomic E-state index is 12.8. The molecule has 1 aromatic carbocycles. The van der Waals surface area contributed by atoms with Crippen LogP contribution in [0.5, 0.6) is 0 Å². The van der Waals surface area contributed by atoms with Gasteiger partial charge in [-0.3, -0.25) is 14.4 Å². The maximum Gasteiger partial charge on any atom is 0.491 e. The smallest absolute Gasteiger partial charge is 0.386 e. The van der Waals surface area contributed by atoms with Crippen LogP contribution in [-0.4, -0.2) is 104 Å². The zero-order valence-corrected chi connectivity index (χ0v) is 21.4. The molecule has 4 N–H and O–H groups in total. The van der Waals surface area contributed by atoms with Crippen molar-refractivity contribution in [3.8, 4) is 0 Å². The van der Waals surface area contributed by atoms with Crippen molar-refractivity contribution < 1.29 is 46.7 Å². The maximum atomic E-state index is 12.8. The number of benzene rings is 1. The summed E-state index contributed by atoms with van der Waals surface area (Å²) in [4.78, 5) is 68.8. The predicted molar refractivity (Wildman–Crippen MR) is 132 cm³/mol. The lowest BCUT2D eigenvalue weighted by molar-refractivity contribution is -0.201. The van der Waals surface area contributed by atoms with Crippen LogP contribution in [-0.2, 0) is 24.0 Å². The molecule has 14 nitrogen and oxygen atoms in total. The number of nitrogens with two attached hydrogens (primary N) is 1. The van der Waals surface area contributed by atoms with E-state index in [2.05, 4.69) is 25.4 Å². The molecule has 2 aliphatic heterocycles. The minimum atomic E-state index is -5.31. The highest BCUT2D eigenvalue weighted by Gasteiger charge is 2.42. The highest BCUT2D eigenvalue weighted by atomic mass is 19.4. The SMILES string of the molecule is CN1CCN(C(=O)ON=C(N)c2ccc(N3CC[C@H](NC(=O)NCCC(=O)OC(=O)C(F)(F)F)C3=O)cc2)CC1. The molecular formula is C23H28F3N7O7. The van der Waals surface area contributed by atoms with Crippen molar-refractivity contribution in [2.45, 2.75) is 25.1 Å². The Morgan fingerprint density at radius 2 is 1.73 bits per heavy atom. The average Bonchev–Trinajstić information content (AvgIpc) is 3.26. The monoisotopic (exact) mass is 571 g/mol. The van der Waals surface area contributed by atoms with Gasteiger partial charge in [-0.15, -0.1) is 0 Å². The molecule has 0 radical (unpaired) electrons. The number of anilines is 1. The number of carbonyl (C=O) groups excluding carboxylic acids is 5. The fraction of sp³-hybridized carbons (Fsp3) is 0.478. The highest BCUT2D eigenvalue weighted by Crippen LogP contribution is 2.22. The predicted octanol–water partition coefficient (Wildman–Crippen LogP) is 0.118. The molecule has 2 fully saturated rings. The number of likely N-dealkylation sites (N-methyl/N-ethyl adjacent to an activating group) is 1. The average molecular weight is 572 g/mol. The van der Waals surface area contributed by atoms with Crippen molar-refractivity contribution in [3.05, 3.63) is 29.8 Å². The number of hydrogen-bond donors (Lipinski definition) is 3. The number of esters is 2. The van der Waals surface area contributed by atoms with Crippen molar-refractivity contribution in [3.63, 3.8) is 0 Å². The van der Waals surface area contributed by atoms with Gasteiger partial charge in [-0.25, -0.2) is 14.4 Å². The van der Waals surface area contributed by atoms with Crippen LogP contribution in [0.1, 0.15) is 18.4 Å². The highest BCUT2D eigenvalue weighted by molar-refractivity contribution is 6.02. The van der Waals surface area contributed by atoms with Crippen LogP contribution in [0.4, 0.5) is 28.4 Å². The molecule has 0 unspecified atom stereocenters. The molecule has 2 saturated heterocycles. The zero-order valence-electron chi connectivity index (χ0n) is 21.4. The Morgan fingerprint density at radius 3 is 2.35 bits per heavy atom. The molecule has 0 saturated carbocycles. The fourth-order valence-electron chi connectivity index (χ4n) is 3.77. The number of nitrogens with zero attached hydrogens (tertiary/aromatic N) is 4. The molecule has 1 atom stereocenters. The number of urea groups is 1. The standard InChI is InChI=1S/C23H28F3N7O7/c1-31-10-12-32(13-11-31)22(38)40-30-18(27)14-2-4-15(5-3-14)33-9-7-16(19(33)35)29-21(37)28-8-6-17(34)39-20(36)23(24,25)26/h2-5,16H,6-13H2,1H3,(H2,27,30)(H2,28,29,37)/t16-/m0/s1. The van der Waals surface area contributed by atoms with E-state index >= 15 is 0 Å². The number of halogens is 3. The molecule has 3 rings (SSSR count). The van der Waals surface area contributed by atoms with Crippen LogP contribution in [0, 0.1) is 0 Å². The summed E-state index contributed by atoms with van der Waals surface area (Å²) in [7, 11) is 1.95. The van der Waals surface area contributed by atoms with Crippen molar-refractivity contribution in [2.75, 3.05) is 51.2 Å². The minimum Gasteiger partial charge on any atom is -0.386 e. The fourth-order valence-corrected chi connectivity index (χ4v) is 3.77. The summed E-state index contributed by atoms with van der Waals surface area (Å²) >= 11 is 0. The summed E-state index contributed by atoms with van der Waals surface area (Å²) in [5.74, 6) is -4.57. The molecule has 1 aromatic rings. The van der Waals surface area contributed by atoms with Gasteiger partial charge in [0.1, 0.15) is 6.04 Å². The van der Waals surface area contributed by atoms with E-state index < -0.39 is 55.2 Å². The number of amides is 4. The van der Waals surface area contributed by atoms with E-state index in [0.29, 0.717) is 24.3 Å². The van der Waals surface area contributed by atoms with E-state index in [0.717, 1.165) is 13.1 Å². The Hall–Kier alpha value is -4.41. The van der Waals surface area contributed by atoms with Crippen molar-refractivity contribution in [1.29, 1.82) is 0 Å². The van der Waals surface area contributed by atoms with Gasteiger partial charge in [0, 0.05) is 50.5 Å². The molecule has 0 bridgehead atoms. The van der Waals surface area contributed by atoms with Gasteiger partial charge in [0.2, 0.25) is 5.91 Å². The summed E-state index contributed by atoms with van der Waals surface area (Å²) in [6.45, 7) is 2.34. The number of ether oxygens (including phenoxy) is 1. The van der Waals surface area contributed by atoms with Gasteiger partial charge in [0.25, 0.3) is 0 Å². The largest absolute Gasteiger partial charge is 0.491 e. The third-order valence-electron chi connectivity index (χ3n) is 6.02. The summed E-state index contributed by atoms with van der Waals surface area (Å²) in [5.41, 5.74) is 6.88. The van der Waals surface area contributed by atoms with Gasteiger partial charge in [-0.2, -0.15) is 13.2 Å². The lowest BCUT2D eigenvalue weighted by Crippen LogP contribution is -2.47. The first-order valence-corrected chi connectivity index (χ1v) is 12.1. The van der Waals surface area contributed by atoms with Gasteiger partial charge in [-0.1, -0.05) is 5.16 Å². The second-order valence-corrected chi connectivity index (χ2v) is 8.91. The van der Waals surface area contributed by atoms with E-state index in [4.69, 9.17) is 10.6 Å². The third kappa shape index (κ3) is 8.29. The van der Waals surface area contributed by atoms with Crippen molar-refractivity contribution >= 4 is 41.5 Å². The Bertz CT molecular complexity index is 1150. The first kappa shape index (κ1) is 30.1. The molecule has 40 heavy (non-hydrogen) atoms. The van der Waals surface area contributed by atoms with E-state index in [1.807, 2.05) is 7.05 Å². The molecule has 0 spiro atoms. The van der Waals surface area contributed by atoms with Crippen molar-refractivity contribution in [1.82, 2.24) is 20.4 Å². The number of rotatable bonds is 7. The Kier molecular flexibility index (Phi) is 9.87. The quantitative estimate of drug-likeness (QED) is 0.102. The summed E-state index contributed by atoms with van der Waals surface area (Å²) in [5, 5.41) is 8.32. The number of hydrogen-bond acceptors (Lipinski definition) is 9. The van der Waals surface area contributed by atoms with E-state index in [1.165, 1.54) is 9.80 Å². The van der Waals surface area contributed by atoms with Gasteiger partial charge in [0.05, 0.1) is 6.42 Å². The van der Waals surface area contributed by atoms with Crippen LogP contribution in [0.25, 0.3) is 0 Å². The second-order valence-electron chi connectivity index (χ2n) is 8.91. The molecule has 4 amide bonds. The number of nitrogens with one attached hydrogen (secondary N) is 2. The summed E-state index contributed by atoms with van der Waals surface area (Å²) in [6.07, 6.45) is -6.33. The lowest BCUT2D eigenvalue weighted by atomic mass is 10.2. The Balaban J connectivity index is 1.44. The molecule has 218 valence electrons. The van der Waals surface area contributed by atoms with Crippen LogP contribution in [0.2, 0.25) is 0 Å². The molecule has 2 aliphatic rings. The minimum absolute atomic E-state index is 0.0374. The lowest BCUT2D eigenvalue weighted by Gasteiger charge is -2.30. The number of oxime groups is 1. The Labute approximate surface area is 226 Å². The van der Waals surface area contributed by atoms with E-state index in [9.17, 15) is 37.1 Å². The van der Waals surface area contributed by atoms with E-state index in [1.54, 1.807) is 24.3 Å². The van der Waals surface area contributed by atoms with Gasteiger partial charge in [0.15, 0.2) is 5.84 Å². The summed E-state index contributed by atoms with van der Waals surface area (Å²) < 4.78 is 39.9. The molecule has 17 heteroatoms. The topological polar surface area (TPSA) is 176 Å². The van der Waals surface area contributed by atoms with Crippen LogP contribution in [0.3, 0.4) is 0 Å². The zero-order chi connectivity index (χ0) is 29.4. The number of amidine groups is 1. The second kappa shape index (κ2) is 13.1. The van der Waals surface area contributed by atoms with Crippen LogP contribution < -0.4 is 21.3 Å².